The van der Waals surface area contributed by atoms with E-state index in [1.54, 1.807) is 6.08 Å². The minimum absolute atomic E-state index is 0.0166. The number of aliphatic hydroxyl groups excluding tert-OH is 3. The van der Waals surface area contributed by atoms with Crippen molar-refractivity contribution in [3.63, 3.8) is 0 Å². The van der Waals surface area contributed by atoms with E-state index in [1.165, 1.54) is 0 Å². The molecule has 27 heavy (non-hydrogen) atoms. The van der Waals surface area contributed by atoms with Crippen molar-refractivity contribution in [2.75, 3.05) is 6.61 Å². The molecule has 3 fully saturated rings. The summed E-state index contributed by atoms with van der Waals surface area (Å²) < 4.78 is 0. The Morgan fingerprint density at radius 1 is 1.26 bits per heavy atom. The molecule has 150 valence electrons. The van der Waals surface area contributed by atoms with Crippen LogP contribution in [0.4, 0.5) is 0 Å². The first kappa shape index (κ1) is 19.2. The van der Waals surface area contributed by atoms with Crippen LogP contribution in [0.15, 0.2) is 11.6 Å². The maximum atomic E-state index is 12.4. The lowest BCUT2D eigenvalue weighted by Gasteiger charge is -2.61. The average molecular weight is 378 g/mol. The molecule has 4 rings (SSSR count). The van der Waals surface area contributed by atoms with Gasteiger partial charge in [0, 0.05) is 11.8 Å². The summed E-state index contributed by atoms with van der Waals surface area (Å²) in [5.41, 5.74) is -2.17. The highest BCUT2D eigenvalue weighted by atomic mass is 16.3. The molecule has 4 aliphatic rings. The minimum atomic E-state index is -1.64. The Balaban J connectivity index is 1.77. The van der Waals surface area contributed by atoms with Gasteiger partial charge in [-0.05, 0) is 66.9 Å². The maximum Gasteiger partial charge on any atom is 0.190 e. The first-order valence-electron chi connectivity index (χ1n) is 10.1. The van der Waals surface area contributed by atoms with Crippen LogP contribution in [0.1, 0.15) is 52.4 Å². The Bertz CT molecular complexity index is 715. The van der Waals surface area contributed by atoms with E-state index in [9.17, 15) is 30.0 Å². The lowest BCUT2D eigenvalue weighted by atomic mass is 9.45. The summed E-state index contributed by atoms with van der Waals surface area (Å²) in [6.45, 7) is 3.18. The van der Waals surface area contributed by atoms with Gasteiger partial charge in [0.2, 0.25) is 0 Å². The van der Waals surface area contributed by atoms with Gasteiger partial charge in [0.1, 0.15) is 12.2 Å². The third-order valence-corrected chi connectivity index (χ3v) is 8.67. The van der Waals surface area contributed by atoms with Crippen molar-refractivity contribution in [2.45, 2.75) is 70.2 Å². The Labute approximate surface area is 159 Å². The van der Waals surface area contributed by atoms with Crippen molar-refractivity contribution in [2.24, 2.45) is 28.6 Å². The Morgan fingerprint density at radius 3 is 2.63 bits per heavy atom. The van der Waals surface area contributed by atoms with E-state index in [-0.39, 0.29) is 36.4 Å². The van der Waals surface area contributed by atoms with Gasteiger partial charge in [-0.15, -0.1) is 0 Å². The van der Waals surface area contributed by atoms with Crippen LogP contribution in [0.5, 0.6) is 0 Å². The van der Waals surface area contributed by atoms with Gasteiger partial charge in [0.05, 0.1) is 12.2 Å². The van der Waals surface area contributed by atoms with Crippen molar-refractivity contribution in [1.29, 1.82) is 0 Å². The third kappa shape index (κ3) is 2.33. The molecule has 0 heterocycles. The van der Waals surface area contributed by atoms with Gasteiger partial charge in [-0.25, -0.2) is 0 Å². The molecule has 0 radical (unpaired) electrons. The number of fused-ring (bicyclic) bond motifs is 5. The molecule has 0 aliphatic heterocycles. The first-order chi connectivity index (χ1) is 12.6. The van der Waals surface area contributed by atoms with Crippen molar-refractivity contribution in [3.8, 4) is 0 Å². The normalized spacial score (nSPS) is 51.9. The van der Waals surface area contributed by atoms with Crippen LogP contribution in [0, 0.1) is 28.6 Å². The molecule has 4 aliphatic carbocycles. The molecule has 3 saturated carbocycles. The second kappa shape index (κ2) is 5.96. The zero-order chi connectivity index (χ0) is 19.8. The molecule has 0 saturated heterocycles. The fourth-order valence-corrected chi connectivity index (χ4v) is 7.33. The number of carbonyl (C=O) groups excluding carboxylic acids is 2. The number of ketones is 2. The van der Waals surface area contributed by atoms with Gasteiger partial charge in [-0.1, -0.05) is 13.8 Å². The van der Waals surface area contributed by atoms with Crippen molar-refractivity contribution < 1.29 is 30.0 Å². The van der Waals surface area contributed by atoms with E-state index < -0.39 is 41.0 Å². The predicted octanol–water partition coefficient (Wildman–Crippen LogP) is 0.752. The Hall–Kier alpha value is -1.08. The standard InChI is InChI=1S/C21H30O6/c1-19-5-3-11(23)7-14(19)15(24)8-12-13-4-6-21(27,17(26)10-22)20(13,2)9-16(25)18(12)19/h7,12-13,15-16,18,22,24-25,27H,3-6,8-10H2,1-2H3/t12?,13?,15-,16?,18?,19+,20+,21+/m1/s1. The molecule has 0 amide bonds. The summed E-state index contributed by atoms with van der Waals surface area (Å²) in [6, 6.07) is 0. The van der Waals surface area contributed by atoms with Crippen LogP contribution in [0.25, 0.3) is 0 Å². The number of hydrogen-bond donors (Lipinski definition) is 4. The predicted molar refractivity (Wildman–Crippen MR) is 96.5 cm³/mol. The van der Waals surface area contributed by atoms with Gasteiger partial charge >= 0.3 is 0 Å². The maximum absolute atomic E-state index is 12.4. The Kier molecular flexibility index (Phi) is 4.25. The summed E-state index contributed by atoms with van der Waals surface area (Å²) in [4.78, 5) is 24.3. The molecule has 0 aromatic heterocycles. The molecule has 0 aromatic rings. The smallest absolute Gasteiger partial charge is 0.190 e. The second-order valence-corrected chi connectivity index (χ2v) is 9.70. The number of rotatable bonds is 2. The monoisotopic (exact) mass is 378 g/mol. The van der Waals surface area contributed by atoms with Gasteiger partial charge in [0.15, 0.2) is 11.6 Å². The Morgan fingerprint density at radius 2 is 1.96 bits per heavy atom. The lowest BCUT2D eigenvalue weighted by molar-refractivity contribution is -0.187. The van der Waals surface area contributed by atoms with E-state index >= 15 is 0 Å². The van der Waals surface area contributed by atoms with Crippen LogP contribution in [-0.4, -0.2) is 56.4 Å². The zero-order valence-corrected chi connectivity index (χ0v) is 16.0. The topological polar surface area (TPSA) is 115 Å². The van der Waals surface area contributed by atoms with Gasteiger partial charge in [0.25, 0.3) is 0 Å². The fraction of sp³-hybridized carbons (Fsp3) is 0.810. The van der Waals surface area contributed by atoms with E-state index in [0.717, 1.165) is 5.57 Å². The van der Waals surface area contributed by atoms with Crippen LogP contribution in [0.2, 0.25) is 0 Å². The number of carbonyl (C=O) groups is 2. The molecular weight excluding hydrogens is 348 g/mol. The van der Waals surface area contributed by atoms with Crippen LogP contribution in [-0.2, 0) is 9.59 Å². The van der Waals surface area contributed by atoms with E-state index in [1.807, 2.05) is 13.8 Å². The number of aliphatic hydroxyl groups is 4. The highest BCUT2D eigenvalue weighted by Gasteiger charge is 2.68. The van der Waals surface area contributed by atoms with Gasteiger partial charge in [-0.3, -0.25) is 9.59 Å². The fourth-order valence-electron chi connectivity index (χ4n) is 7.33. The SMILES string of the molecule is C[C@]12CCC(=O)C=C1[C@H](O)CC1C2C(O)C[C@@]2(C)C1CC[C@]2(O)C(=O)CO. The summed E-state index contributed by atoms with van der Waals surface area (Å²) in [7, 11) is 0. The van der Waals surface area contributed by atoms with Crippen LogP contribution < -0.4 is 0 Å². The van der Waals surface area contributed by atoms with Crippen molar-refractivity contribution >= 4 is 11.6 Å². The molecule has 4 N–H and O–H groups in total. The summed E-state index contributed by atoms with van der Waals surface area (Å²) in [5, 5.41) is 42.6. The van der Waals surface area contributed by atoms with Gasteiger partial charge in [-0.2, -0.15) is 0 Å². The van der Waals surface area contributed by atoms with E-state index in [0.29, 0.717) is 25.7 Å². The molecule has 6 heteroatoms. The molecule has 0 aromatic carbocycles. The highest BCUT2D eigenvalue weighted by Crippen LogP contribution is 2.67. The molecule has 4 unspecified atom stereocenters. The molecular formula is C21H30O6. The minimum Gasteiger partial charge on any atom is -0.393 e. The largest absolute Gasteiger partial charge is 0.393 e. The number of Topliss-reactive ketones (excluding diaryl/α,β-unsaturated/α-hetero) is 1. The third-order valence-electron chi connectivity index (χ3n) is 8.67. The average Bonchev–Trinajstić information content (AvgIpc) is 2.87. The quantitative estimate of drug-likeness (QED) is 0.564. The second-order valence-electron chi connectivity index (χ2n) is 9.70. The van der Waals surface area contributed by atoms with E-state index in [2.05, 4.69) is 0 Å². The highest BCUT2D eigenvalue weighted by molar-refractivity contribution is 5.92. The number of hydrogen-bond acceptors (Lipinski definition) is 6. The van der Waals surface area contributed by atoms with Crippen molar-refractivity contribution in [1.82, 2.24) is 0 Å². The van der Waals surface area contributed by atoms with Gasteiger partial charge < -0.3 is 20.4 Å². The summed E-state index contributed by atoms with van der Waals surface area (Å²) in [6.07, 6.45) is 2.75. The molecule has 0 spiro atoms. The molecule has 0 bridgehead atoms. The molecule has 6 nitrogen and oxygen atoms in total. The summed E-state index contributed by atoms with van der Waals surface area (Å²) in [5.74, 6) is -0.713. The van der Waals surface area contributed by atoms with Crippen molar-refractivity contribution in [3.05, 3.63) is 11.6 Å². The molecule has 8 atom stereocenters. The summed E-state index contributed by atoms with van der Waals surface area (Å²) >= 11 is 0. The van der Waals surface area contributed by atoms with Crippen LogP contribution >= 0.6 is 0 Å². The zero-order valence-electron chi connectivity index (χ0n) is 16.0. The first-order valence-corrected chi connectivity index (χ1v) is 10.1. The van der Waals surface area contributed by atoms with Crippen LogP contribution in [0.3, 0.4) is 0 Å². The lowest BCUT2D eigenvalue weighted by Crippen LogP contribution is -2.63. The van der Waals surface area contributed by atoms with E-state index in [4.69, 9.17) is 0 Å².